The van der Waals surface area contributed by atoms with E-state index in [1.165, 1.54) is 0 Å². The molecule has 0 saturated carbocycles. The molecule has 1 aromatic rings. The van der Waals surface area contributed by atoms with Crippen LogP contribution in [0.3, 0.4) is 0 Å². The number of aromatic hydroxyl groups is 1. The summed E-state index contributed by atoms with van der Waals surface area (Å²) in [4.78, 5) is 0. The van der Waals surface area contributed by atoms with Crippen molar-refractivity contribution in [3.8, 4) is 5.75 Å². The van der Waals surface area contributed by atoms with Gasteiger partial charge in [-0.25, -0.2) is 0 Å². The average Bonchev–Trinajstić information content (AvgIpc) is 2.83. The summed E-state index contributed by atoms with van der Waals surface area (Å²) in [5, 5.41) is 9.27. The first-order chi connectivity index (χ1) is 5.77. The van der Waals surface area contributed by atoms with Crippen LogP contribution in [0.25, 0.3) is 0 Å². The highest BCUT2D eigenvalue weighted by Gasteiger charge is 2.23. The van der Waals surface area contributed by atoms with Gasteiger partial charge in [0.2, 0.25) is 0 Å². The van der Waals surface area contributed by atoms with Crippen molar-refractivity contribution in [1.82, 2.24) is 0 Å². The molecular formula is C9H11NO2. The molecule has 1 unspecified atom stereocenters. The number of hydrogen-bond donors (Lipinski definition) is 2. The second kappa shape index (κ2) is 2.68. The van der Waals surface area contributed by atoms with Crippen LogP contribution in [0.1, 0.15) is 5.56 Å². The number of nitrogen functional groups attached to an aromatic ring is 1. The lowest BCUT2D eigenvalue weighted by Gasteiger charge is -2.04. The quantitative estimate of drug-likeness (QED) is 0.389. The van der Waals surface area contributed by atoms with Crippen LogP contribution in [0.4, 0.5) is 5.69 Å². The van der Waals surface area contributed by atoms with Crippen LogP contribution in [0.2, 0.25) is 0 Å². The molecule has 1 saturated heterocycles. The third kappa shape index (κ3) is 1.36. The lowest BCUT2D eigenvalue weighted by atomic mass is 10.1. The smallest absolute Gasteiger partial charge is 0.138 e. The fourth-order valence-corrected chi connectivity index (χ4v) is 1.21. The van der Waals surface area contributed by atoms with Crippen LogP contribution in [0.15, 0.2) is 18.2 Å². The normalized spacial score (nSPS) is 20.8. The van der Waals surface area contributed by atoms with Crippen molar-refractivity contribution in [2.45, 2.75) is 12.5 Å². The molecule has 12 heavy (non-hydrogen) atoms. The molecule has 3 heteroatoms. The molecule has 2 rings (SSSR count). The van der Waals surface area contributed by atoms with Gasteiger partial charge in [-0.05, 0) is 11.6 Å². The van der Waals surface area contributed by atoms with Gasteiger partial charge in [0.05, 0.1) is 18.4 Å². The van der Waals surface area contributed by atoms with Crippen LogP contribution in [-0.4, -0.2) is 17.8 Å². The van der Waals surface area contributed by atoms with Crippen LogP contribution >= 0.6 is 0 Å². The van der Waals surface area contributed by atoms with Crippen LogP contribution < -0.4 is 5.73 Å². The second-order valence-corrected chi connectivity index (χ2v) is 3.01. The Kier molecular flexibility index (Phi) is 1.66. The SMILES string of the molecule is Nc1c(O)cccc1CC1CO1. The molecule has 1 fully saturated rings. The van der Waals surface area contributed by atoms with Crippen molar-refractivity contribution in [2.24, 2.45) is 0 Å². The molecule has 64 valence electrons. The fraction of sp³-hybridized carbons (Fsp3) is 0.333. The summed E-state index contributed by atoms with van der Waals surface area (Å²) in [7, 11) is 0. The van der Waals surface area contributed by atoms with Gasteiger partial charge in [0, 0.05) is 6.42 Å². The Balaban J connectivity index is 2.23. The molecule has 0 radical (unpaired) electrons. The van der Waals surface area contributed by atoms with E-state index in [-0.39, 0.29) is 5.75 Å². The number of ether oxygens (including phenoxy) is 1. The maximum atomic E-state index is 9.27. The number of benzene rings is 1. The van der Waals surface area contributed by atoms with Crippen molar-refractivity contribution < 1.29 is 9.84 Å². The molecule has 0 aliphatic carbocycles. The van der Waals surface area contributed by atoms with E-state index in [4.69, 9.17) is 10.5 Å². The minimum Gasteiger partial charge on any atom is -0.506 e. The van der Waals surface area contributed by atoms with Crippen molar-refractivity contribution in [1.29, 1.82) is 0 Å². The maximum Gasteiger partial charge on any atom is 0.138 e. The molecule has 0 aromatic heterocycles. The number of rotatable bonds is 2. The van der Waals surface area contributed by atoms with E-state index in [9.17, 15) is 5.11 Å². The van der Waals surface area contributed by atoms with Gasteiger partial charge in [-0.1, -0.05) is 12.1 Å². The maximum absolute atomic E-state index is 9.27. The van der Waals surface area contributed by atoms with E-state index in [2.05, 4.69) is 0 Å². The third-order valence-electron chi connectivity index (χ3n) is 2.02. The van der Waals surface area contributed by atoms with Gasteiger partial charge >= 0.3 is 0 Å². The highest BCUT2D eigenvalue weighted by molar-refractivity contribution is 5.57. The molecule has 0 amide bonds. The van der Waals surface area contributed by atoms with E-state index in [0.29, 0.717) is 11.8 Å². The average molecular weight is 165 g/mol. The van der Waals surface area contributed by atoms with E-state index < -0.39 is 0 Å². The Morgan fingerprint density at radius 3 is 3.00 bits per heavy atom. The first-order valence-electron chi connectivity index (χ1n) is 3.95. The largest absolute Gasteiger partial charge is 0.506 e. The van der Waals surface area contributed by atoms with Crippen molar-refractivity contribution in [2.75, 3.05) is 12.3 Å². The number of para-hydroxylation sites is 1. The van der Waals surface area contributed by atoms with Crippen LogP contribution in [0, 0.1) is 0 Å². The predicted molar refractivity (Wildman–Crippen MR) is 46.0 cm³/mol. The zero-order valence-corrected chi connectivity index (χ0v) is 6.66. The number of phenolic OH excluding ortho intramolecular Hbond substituents is 1. The van der Waals surface area contributed by atoms with E-state index in [0.717, 1.165) is 18.6 Å². The molecule has 1 aliphatic rings. The summed E-state index contributed by atoms with van der Waals surface area (Å²) in [6.07, 6.45) is 1.12. The molecule has 3 N–H and O–H groups in total. The van der Waals surface area contributed by atoms with Gasteiger partial charge in [0.15, 0.2) is 0 Å². The first-order valence-corrected chi connectivity index (χ1v) is 3.95. The van der Waals surface area contributed by atoms with Gasteiger partial charge in [0.25, 0.3) is 0 Å². The lowest BCUT2D eigenvalue weighted by molar-refractivity contribution is 0.407. The number of anilines is 1. The molecular weight excluding hydrogens is 154 g/mol. The Hall–Kier alpha value is -1.22. The molecule has 0 bridgehead atoms. The molecule has 1 atom stereocenters. The van der Waals surface area contributed by atoms with Crippen molar-refractivity contribution >= 4 is 5.69 Å². The van der Waals surface area contributed by atoms with Crippen LogP contribution in [-0.2, 0) is 11.2 Å². The Morgan fingerprint density at radius 2 is 2.33 bits per heavy atom. The summed E-state index contributed by atoms with van der Waals surface area (Å²) in [5.74, 6) is 0.160. The minimum atomic E-state index is 0.160. The Labute approximate surface area is 70.8 Å². The van der Waals surface area contributed by atoms with Gasteiger partial charge in [-0.2, -0.15) is 0 Å². The lowest BCUT2D eigenvalue weighted by Crippen LogP contribution is -1.98. The number of epoxide rings is 1. The van der Waals surface area contributed by atoms with Gasteiger partial charge < -0.3 is 15.6 Å². The summed E-state index contributed by atoms with van der Waals surface area (Å²) >= 11 is 0. The Morgan fingerprint density at radius 1 is 1.58 bits per heavy atom. The van der Waals surface area contributed by atoms with Gasteiger partial charge in [-0.3, -0.25) is 0 Å². The number of phenols is 1. The molecule has 1 aromatic carbocycles. The van der Waals surface area contributed by atoms with Gasteiger partial charge in [-0.15, -0.1) is 0 Å². The molecule has 1 aliphatic heterocycles. The zero-order chi connectivity index (χ0) is 8.55. The van der Waals surface area contributed by atoms with Crippen molar-refractivity contribution in [3.63, 3.8) is 0 Å². The molecule has 3 nitrogen and oxygen atoms in total. The predicted octanol–water partition coefficient (Wildman–Crippen LogP) is 0.916. The van der Waals surface area contributed by atoms with Gasteiger partial charge in [0.1, 0.15) is 5.75 Å². The summed E-state index contributed by atoms with van der Waals surface area (Å²) in [6, 6.07) is 5.30. The van der Waals surface area contributed by atoms with Crippen molar-refractivity contribution in [3.05, 3.63) is 23.8 Å². The topological polar surface area (TPSA) is 58.8 Å². The summed E-state index contributed by atoms with van der Waals surface area (Å²) in [5.41, 5.74) is 7.10. The number of nitrogens with two attached hydrogens (primary N) is 1. The van der Waals surface area contributed by atoms with Crippen LogP contribution in [0.5, 0.6) is 5.75 Å². The molecule has 1 heterocycles. The van der Waals surface area contributed by atoms with E-state index in [1.54, 1.807) is 12.1 Å². The second-order valence-electron chi connectivity index (χ2n) is 3.01. The zero-order valence-electron chi connectivity index (χ0n) is 6.66. The summed E-state index contributed by atoms with van der Waals surface area (Å²) in [6.45, 7) is 0.815. The number of hydrogen-bond acceptors (Lipinski definition) is 3. The standard InChI is InChI=1S/C9H11NO2/c10-9-6(4-7-5-12-7)2-1-3-8(9)11/h1-3,7,11H,4-5,10H2. The highest BCUT2D eigenvalue weighted by atomic mass is 16.6. The van der Waals surface area contributed by atoms with E-state index >= 15 is 0 Å². The summed E-state index contributed by atoms with van der Waals surface area (Å²) < 4.78 is 5.07. The molecule has 0 spiro atoms. The monoisotopic (exact) mass is 165 g/mol. The highest BCUT2D eigenvalue weighted by Crippen LogP contribution is 2.27. The first kappa shape index (κ1) is 7.43. The fourth-order valence-electron chi connectivity index (χ4n) is 1.21. The Bertz CT molecular complexity index is 295. The van der Waals surface area contributed by atoms with E-state index in [1.807, 2.05) is 6.07 Å². The third-order valence-corrected chi connectivity index (χ3v) is 2.02. The minimum absolute atomic E-state index is 0.160.